The van der Waals surface area contributed by atoms with E-state index in [-0.39, 0.29) is 6.04 Å². The molecular weight excluding hydrogens is 320 g/mol. The summed E-state index contributed by atoms with van der Waals surface area (Å²) in [6.07, 6.45) is 2.52. The van der Waals surface area contributed by atoms with E-state index in [9.17, 15) is 0 Å². The Balaban J connectivity index is 1.95. The van der Waals surface area contributed by atoms with Gasteiger partial charge in [0.25, 0.3) is 0 Å². The third-order valence-electron chi connectivity index (χ3n) is 3.13. The molecule has 20 heavy (non-hydrogen) atoms. The molecule has 0 saturated heterocycles. The quantitative estimate of drug-likeness (QED) is 0.627. The van der Waals surface area contributed by atoms with Crippen LogP contribution in [0.4, 0.5) is 0 Å². The van der Waals surface area contributed by atoms with E-state index in [2.05, 4.69) is 26.5 Å². The van der Waals surface area contributed by atoms with Gasteiger partial charge in [0.15, 0.2) is 0 Å². The van der Waals surface area contributed by atoms with Crippen molar-refractivity contribution in [3.63, 3.8) is 0 Å². The highest BCUT2D eigenvalue weighted by Gasteiger charge is 2.17. The molecule has 108 valence electrons. The number of hydrazine groups is 1. The van der Waals surface area contributed by atoms with Crippen LogP contribution in [0.15, 0.2) is 34.9 Å². The van der Waals surface area contributed by atoms with Crippen molar-refractivity contribution in [2.75, 3.05) is 6.61 Å². The summed E-state index contributed by atoms with van der Waals surface area (Å²) in [5, 5.41) is 4.20. The number of nitrogens with zero attached hydrogens (tertiary/aromatic N) is 2. The Hall–Kier alpha value is -1.37. The van der Waals surface area contributed by atoms with Crippen LogP contribution in [0.5, 0.6) is 5.75 Å². The third kappa shape index (κ3) is 3.59. The van der Waals surface area contributed by atoms with Crippen molar-refractivity contribution in [1.82, 2.24) is 15.2 Å². The van der Waals surface area contributed by atoms with E-state index < -0.39 is 0 Å². The topological polar surface area (TPSA) is 65.1 Å². The van der Waals surface area contributed by atoms with E-state index in [1.165, 1.54) is 5.56 Å². The number of nitrogens with one attached hydrogen (secondary N) is 1. The Labute approximate surface area is 127 Å². The predicted molar refractivity (Wildman–Crippen MR) is 82.3 cm³/mol. The van der Waals surface area contributed by atoms with Crippen molar-refractivity contribution >= 4 is 15.9 Å². The number of benzene rings is 1. The van der Waals surface area contributed by atoms with Gasteiger partial charge in [-0.2, -0.15) is 5.10 Å². The van der Waals surface area contributed by atoms with E-state index in [0.717, 1.165) is 22.3 Å². The fourth-order valence-corrected chi connectivity index (χ4v) is 2.74. The van der Waals surface area contributed by atoms with Gasteiger partial charge in [-0.15, -0.1) is 0 Å². The van der Waals surface area contributed by atoms with Crippen LogP contribution in [0.3, 0.4) is 0 Å². The summed E-state index contributed by atoms with van der Waals surface area (Å²) in [6, 6.07) is 8.00. The molecule has 0 aliphatic carbocycles. The van der Waals surface area contributed by atoms with Gasteiger partial charge in [0.05, 0.1) is 29.0 Å². The fraction of sp³-hybridized carbons (Fsp3) is 0.357. The summed E-state index contributed by atoms with van der Waals surface area (Å²) in [4.78, 5) is 0. The highest BCUT2D eigenvalue weighted by Crippen LogP contribution is 2.24. The molecule has 1 unspecified atom stereocenters. The van der Waals surface area contributed by atoms with Gasteiger partial charge in [0.1, 0.15) is 5.75 Å². The van der Waals surface area contributed by atoms with Crippen molar-refractivity contribution in [2.45, 2.75) is 19.4 Å². The Bertz CT molecular complexity index is 551. The molecule has 1 aromatic heterocycles. The SMILES string of the molecule is Cc1cccc(OCCC(NN)c2c(Br)cnn2C)c1. The van der Waals surface area contributed by atoms with Crippen LogP contribution in [-0.4, -0.2) is 16.4 Å². The molecule has 3 N–H and O–H groups in total. The van der Waals surface area contributed by atoms with Crippen LogP contribution in [-0.2, 0) is 7.05 Å². The molecule has 0 amide bonds. The minimum absolute atomic E-state index is 0.0123. The van der Waals surface area contributed by atoms with Gasteiger partial charge in [0, 0.05) is 13.5 Å². The summed E-state index contributed by atoms with van der Waals surface area (Å²) in [6.45, 7) is 2.62. The second-order valence-corrected chi connectivity index (χ2v) is 5.53. The Morgan fingerprint density at radius 2 is 2.30 bits per heavy atom. The van der Waals surface area contributed by atoms with Gasteiger partial charge in [-0.25, -0.2) is 0 Å². The van der Waals surface area contributed by atoms with Crippen molar-refractivity contribution in [3.05, 3.63) is 46.2 Å². The lowest BCUT2D eigenvalue weighted by molar-refractivity contribution is 0.283. The van der Waals surface area contributed by atoms with E-state index >= 15 is 0 Å². The number of rotatable bonds is 6. The fourth-order valence-electron chi connectivity index (χ4n) is 2.11. The van der Waals surface area contributed by atoms with Crippen LogP contribution in [0.25, 0.3) is 0 Å². The van der Waals surface area contributed by atoms with Crippen LogP contribution >= 0.6 is 15.9 Å². The van der Waals surface area contributed by atoms with Crippen molar-refractivity contribution in [1.29, 1.82) is 0 Å². The molecule has 2 rings (SSSR count). The molecule has 0 bridgehead atoms. The molecule has 0 radical (unpaired) electrons. The zero-order chi connectivity index (χ0) is 14.5. The van der Waals surface area contributed by atoms with Crippen molar-refractivity contribution in [3.8, 4) is 5.75 Å². The molecule has 6 heteroatoms. The second kappa shape index (κ2) is 6.88. The van der Waals surface area contributed by atoms with Crippen molar-refractivity contribution < 1.29 is 4.74 Å². The summed E-state index contributed by atoms with van der Waals surface area (Å²) in [7, 11) is 1.89. The minimum atomic E-state index is -0.0123. The lowest BCUT2D eigenvalue weighted by Gasteiger charge is -2.17. The average Bonchev–Trinajstić information content (AvgIpc) is 2.75. The maximum Gasteiger partial charge on any atom is 0.119 e. The number of hydrogen-bond acceptors (Lipinski definition) is 4. The Kier molecular flexibility index (Phi) is 5.17. The molecule has 1 aromatic carbocycles. The maximum atomic E-state index is 5.76. The predicted octanol–water partition coefficient (Wildman–Crippen LogP) is 2.46. The minimum Gasteiger partial charge on any atom is -0.494 e. The van der Waals surface area contributed by atoms with Crippen molar-refractivity contribution in [2.24, 2.45) is 12.9 Å². The molecule has 0 aliphatic heterocycles. The van der Waals surface area contributed by atoms with Gasteiger partial charge in [-0.3, -0.25) is 16.0 Å². The number of nitrogens with two attached hydrogens (primary N) is 1. The molecule has 0 fully saturated rings. The van der Waals surface area contributed by atoms with Gasteiger partial charge in [-0.05, 0) is 40.5 Å². The number of ether oxygens (including phenoxy) is 1. The van der Waals surface area contributed by atoms with Crippen LogP contribution < -0.4 is 16.0 Å². The summed E-state index contributed by atoms with van der Waals surface area (Å²) >= 11 is 3.49. The summed E-state index contributed by atoms with van der Waals surface area (Å²) in [5.41, 5.74) is 5.01. The van der Waals surface area contributed by atoms with Gasteiger partial charge >= 0.3 is 0 Å². The monoisotopic (exact) mass is 338 g/mol. The lowest BCUT2D eigenvalue weighted by atomic mass is 10.1. The van der Waals surface area contributed by atoms with Gasteiger partial charge in [0.2, 0.25) is 0 Å². The highest BCUT2D eigenvalue weighted by atomic mass is 79.9. The first-order valence-electron chi connectivity index (χ1n) is 6.45. The van der Waals surface area contributed by atoms with E-state index in [1.54, 1.807) is 10.9 Å². The first-order chi connectivity index (χ1) is 9.61. The molecular formula is C14H19BrN4O. The van der Waals surface area contributed by atoms with Gasteiger partial charge in [-0.1, -0.05) is 12.1 Å². The van der Waals surface area contributed by atoms with Gasteiger partial charge < -0.3 is 4.74 Å². The standard InChI is InChI=1S/C14H19BrN4O/c1-10-4-3-5-11(8-10)20-7-6-13(18-16)14-12(15)9-17-19(14)2/h3-5,8-9,13,18H,6-7,16H2,1-2H3. The van der Waals surface area contributed by atoms with E-state index in [4.69, 9.17) is 10.6 Å². The normalized spacial score (nSPS) is 12.4. The molecule has 5 nitrogen and oxygen atoms in total. The molecule has 1 heterocycles. The first kappa shape index (κ1) is 15.0. The Morgan fingerprint density at radius 3 is 2.90 bits per heavy atom. The zero-order valence-corrected chi connectivity index (χ0v) is 13.2. The number of halogens is 1. The highest BCUT2D eigenvalue weighted by molar-refractivity contribution is 9.10. The van der Waals surface area contributed by atoms with E-state index in [1.807, 2.05) is 38.2 Å². The third-order valence-corrected chi connectivity index (χ3v) is 3.74. The van der Waals surface area contributed by atoms with Crippen LogP contribution in [0.2, 0.25) is 0 Å². The number of aryl methyl sites for hydroxylation is 2. The zero-order valence-electron chi connectivity index (χ0n) is 11.6. The molecule has 0 saturated carbocycles. The van der Waals surface area contributed by atoms with E-state index in [0.29, 0.717) is 6.61 Å². The molecule has 0 aliphatic rings. The molecule has 1 atom stereocenters. The largest absolute Gasteiger partial charge is 0.494 e. The summed E-state index contributed by atoms with van der Waals surface area (Å²) in [5.74, 6) is 6.52. The lowest BCUT2D eigenvalue weighted by Crippen LogP contribution is -2.31. The summed E-state index contributed by atoms with van der Waals surface area (Å²) < 4.78 is 8.51. The number of hydrogen-bond donors (Lipinski definition) is 2. The molecule has 2 aromatic rings. The first-order valence-corrected chi connectivity index (χ1v) is 7.24. The Morgan fingerprint density at radius 1 is 1.50 bits per heavy atom. The average molecular weight is 339 g/mol. The van der Waals surface area contributed by atoms with Crippen LogP contribution in [0, 0.1) is 6.92 Å². The molecule has 0 spiro atoms. The number of aromatic nitrogens is 2. The van der Waals surface area contributed by atoms with Crippen LogP contribution in [0.1, 0.15) is 23.7 Å². The smallest absolute Gasteiger partial charge is 0.119 e. The maximum absolute atomic E-state index is 5.76. The second-order valence-electron chi connectivity index (χ2n) is 4.67.